The van der Waals surface area contributed by atoms with Gasteiger partial charge in [-0.05, 0) is 33.6 Å². The van der Waals surface area contributed by atoms with Crippen molar-refractivity contribution in [2.45, 2.75) is 47.5 Å². The highest BCUT2D eigenvalue weighted by Gasteiger charge is 2.20. The number of rotatable bonds is 4. The SMILES string of the molecule is CC(C)=CCCC(C)(C)C(C)=NO. The van der Waals surface area contributed by atoms with Crippen molar-refractivity contribution in [3.8, 4) is 0 Å². The Morgan fingerprint density at radius 1 is 1.31 bits per heavy atom. The largest absolute Gasteiger partial charge is 0.411 e. The molecule has 1 N–H and O–H groups in total. The standard InChI is InChI=1S/C11H21NO/c1-9(2)7-6-8-11(4,5)10(3)12-13/h7,13H,6,8H2,1-5H3. The van der Waals surface area contributed by atoms with E-state index in [0.29, 0.717) is 0 Å². The maximum Gasteiger partial charge on any atom is 0.0596 e. The molecule has 0 aliphatic carbocycles. The van der Waals surface area contributed by atoms with E-state index in [0.717, 1.165) is 18.6 Å². The summed E-state index contributed by atoms with van der Waals surface area (Å²) in [5, 5.41) is 11.9. The van der Waals surface area contributed by atoms with Crippen LogP contribution in [0.2, 0.25) is 0 Å². The van der Waals surface area contributed by atoms with Gasteiger partial charge in [-0.15, -0.1) is 0 Å². The summed E-state index contributed by atoms with van der Waals surface area (Å²) in [6.45, 7) is 10.3. The number of hydrogen-bond acceptors (Lipinski definition) is 2. The van der Waals surface area contributed by atoms with Gasteiger partial charge in [0, 0.05) is 5.41 Å². The Morgan fingerprint density at radius 2 is 1.85 bits per heavy atom. The first-order valence-corrected chi connectivity index (χ1v) is 4.72. The Hall–Kier alpha value is -0.790. The van der Waals surface area contributed by atoms with Gasteiger partial charge in [-0.25, -0.2) is 0 Å². The van der Waals surface area contributed by atoms with Gasteiger partial charge in [0.25, 0.3) is 0 Å². The van der Waals surface area contributed by atoms with Crippen LogP contribution in [0.5, 0.6) is 0 Å². The molecule has 0 atom stereocenters. The first-order chi connectivity index (χ1) is 5.90. The predicted octanol–water partition coefficient (Wildman–Crippen LogP) is 3.61. The number of nitrogens with zero attached hydrogens (tertiary/aromatic N) is 1. The predicted molar refractivity (Wildman–Crippen MR) is 57.3 cm³/mol. The van der Waals surface area contributed by atoms with Gasteiger partial charge in [0.15, 0.2) is 0 Å². The first kappa shape index (κ1) is 12.2. The summed E-state index contributed by atoms with van der Waals surface area (Å²) < 4.78 is 0. The third-order valence-electron chi connectivity index (χ3n) is 2.45. The molecule has 0 aromatic carbocycles. The zero-order chi connectivity index (χ0) is 10.5. The highest BCUT2D eigenvalue weighted by molar-refractivity contribution is 5.86. The van der Waals surface area contributed by atoms with Crippen LogP contribution in [0.3, 0.4) is 0 Å². The third kappa shape index (κ3) is 4.71. The van der Waals surface area contributed by atoms with E-state index in [1.807, 2.05) is 6.92 Å². The minimum Gasteiger partial charge on any atom is -0.411 e. The Bertz CT molecular complexity index is 210. The van der Waals surface area contributed by atoms with Crippen LogP contribution >= 0.6 is 0 Å². The van der Waals surface area contributed by atoms with Gasteiger partial charge >= 0.3 is 0 Å². The van der Waals surface area contributed by atoms with Crippen LogP contribution in [0.1, 0.15) is 47.5 Å². The Labute approximate surface area is 81.3 Å². The highest BCUT2D eigenvalue weighted by Crippen LogP contribution is 2.24. The second-order valence-corrected chi connectivity index (χ2v) is 4.39. The van der Waals surface area contributed by atoms with E-state index >= 15 is 0 Å². The van der Waals surface area contributed by atoms with Crippen LogP contribution in [0.25, 0.3) is 0 Å². The number of allylic oxidation sites excluding steroid dienone is 2. The second kappa shape index (κ2) is 5.05. The van der Waals surface area contributed by atoms with E-state index in [1.54, 1.807) is 0 Å². The quantitative estimate of drug-likeness (QED) is 0.307. The molecule has 0 aliphatic heterocycles. The van der Waals surface area contributed by atoms with E-state index in [2.05, 4.69) is 38.9 Å². The van der Waals surface area contributed by atoms with Gasteiger partial charge in [-0.3, -0.25) is 0 Å². The molecule has 0 radical (unpaired) electrons. The van der Waals surface area contributed by atoms with E-state index in [4.69, 9.17) is 5.21 Å². The maximum atomic E-state index is 8.65. The monoisotopic (exact) mass is 183 g/mol. The Morgan fingerprint density at radius 3 is 2.23 bits per heavy atom. The molecule has 0 amide bonds. The molecule has 76 valence electrons. The molecular formula is C11H21NO. The van der Waals surface area contributed by atoms with Crippen LogP contribution in [0.15, 0.2) is 16.8 Å². The van der Waals surface area contributed by atoms with Crippen LogP contribution in [-0.4, -0.2) is 10.9 Å². The van der Waals surface area contributed by atoms with Crippen molar-refractivity contribution in [2.75, 3.05) is 0 Å². The molecule has 0 saturated heterocycles. The zero-order valence-corrected chi connectivity index (χ0v) is 9.39. The lowest BCUT2D eigenvalue weighted by molar-refractivity contribution is 0.306. The summed E-state index contributed by atoms with van der Waals surface area (Å²) in [4.78, 5) is 0. The smallest absolute Gasteiger partial charge is 0.0596 e. The van der Waals surface area contributed by atoms with Crippen molar-refractivity contribution < 1.29 is 5.21 Å². The summed E-state index contributed by atoms with van der Waals surface area (Å²) in [7, 11) is 0. The number of hydrogen-bond donors (Lipinski definition) is 1. The topological polar surface area (TPSA) is 32.6 Å². The van der Waals surface area contributed by atoms with Crippen molar-refractivity contribution in [1.29, 1.82) is 0 Å². The van der Waals surface area contributed by atoms with Crippen molar-refractivity contribution in [1.82, 2.24) is 0 Å². The molecule has 0 bridgehead atoms. The van der Waals surface area contributed by atoms with Gasteiger partial charge < -0.3 is 5.21 Å². The van der Waals surface area contributed by atoms with Crippen molar-refractivity contribution >= 4 is 5.71 Å². The minimum absolute atomic E-state index is 0.000694. The van der Waals surface area contributed by atoms with Crippen LogP contribution < -0.4 is 0 Å². The van der Waals surface area contributed by atoms with E-state index in [9.17, 15) is 0 Å². The molecule has 2 heteroatoms. The number of oxime groups is 1. The molecule has 0 aromatic rings. The molecule has 0 aromatic heterocycles. The molecule has 0 aliphatic rings. The lowest BCUT2D eigenvalue weighted by atomic mass is 9.83. The summed E-state index contributed by atoms with van der Waals surface area (Å²) in [6.07, 6.45) is 4.28. The molecule has 0 heterocycles. The van der Waals surface area contributed by atoms with Gasteiger partial charge in [0.1, 0.15) is 0 Å². The average Bonchev–Trinajstić information content (AvgIpc) is 2.01. The molecule has 2 nitrogen and oxygen atoms in total. The summed E-state index contributed by atoms with van der Waals surface area (Å²) in [5.41, 5.74) is 2.14. The summed E-state index contributed by atoms with van der Waals surface area (Å²) in [6, 6.07) is 0. The fourth-order valence-corrected chi connectivity index (χ4v) is 1.04. The zero-order valence-electron chi connectivity index (χ0n) is 9.39. The van der Waals surface area contributed by atoms with Crippen LogP contribution in [-0.2, 0) is 0 Å². The molecular weight excluding hydrogens is 162 g/mol. The first-order valence-electron chi connectivity index (χ1n) is 4.72. The maximum absolute atomic E-state index is 8.65. The Kier molecular flexibility index (Phi) is 4.74. The van der Waals surface area contributed by atoms with Gasteiger partial charge in [-0.2, -0.15) is 0 Å². The fourth-order valence-electron chi connectivity index (χ4n) is 1.04. The molecule has 0 rings (SSSR count). The van der Waals surface area contributed by atoms with Gasteiger partial charge in [-0.1, -0.05) is 30.7 Å². The molecule has 13 heavy (non-hydrogen) atoms. The Balaban J connectivity index is 4.12. The van der Waals surface area contributed by atoms with Crippen molar-refractivity contribution in [3.05, 3.63) is 11.6 Å². The lowest BCUT2D eigenvalue weighted by Crippen LogP contribution is -2.21. The van der Waals surface area contributed by atoms with Crippen molar-refractivity contribution in [2.24, 2.45) is 10.6 Å². The second-order valence-electron chi connectivity index (χ2n) is 4.39. The molecule has 0 fully saturated rings. The molecule has 0 spiro atoms. The third-order valence-corrected chi connectivity index (χ3v) is 2.45. The van der Waals surface area contributed by atoms with E-state index < -0.39 is 0 Å². The lowest BCUT2D eigenvalue weighted by Gasteiger charge is -2.22. The molecule has 0 unspecified atom stereocenters. The minimum atomic E-state index is 0.000694. The molecule has 0 saturated carbocycles. The summed E-state index contributed by atoms with van der Waals surface area (Å²) >= 11 is 0. The highest BCUT2D eigenvalue weighted by atomic mass is 16.4. The van der Waals surface area contributed by atoms with Gasteiger partial charge in [0.05, 0.1) is 5.71 Å². The summed E-state index contributed by atoms with van der Waals surface area (Å²) in [5.74, 6) is 0. The average molecular weight is 183 g/mol. The van der Waals surface area contributed by atoms with E-state index in [1.165, 1.54) is 5.57 Å². The van der Waals surface area contributed by atoms with E-state index in [-0.39, 0.29) is 5.41 Å². The van der Waals surface area contributed by atoms with Crippen LogP contribution in [0.4, 0.5) is 0 Å². The van der Waals surface area contributed by atoms with Gasteiger partial charge in [0.2, 0.25) is 0 Å². The van der Waals surface area contributed by atoms with Crippen LogP contribution in [0, 0.1) is 5.41 Å². The normalized spacial score (nSPS) is 12.8. The van der Waals surface area contributed by atoms with Crippen molar-refractivity contribution in [3.63, 3.8) is 0 Å². The fraction of sp³-hybridized carbons (Fsp3) is 0.727.